The molecule has 0 atom stereocenters. The van der Waals surface area contributed by atoms with Crippen LogP contribution in [0.5, 0.6) is 5.75 Å². The van der Waals surface area contributed by atoms with E-state index >= 15 is 0 Å². The lowest BCUT2D eigenvalue weighted by Crippen LogP contribution is -1.99. The number of hydrogen-bond donors (Lipinski definition) is 1. The van der Waals surface area contributed by atoms with Crippen LogP contribution in [0.2, 0.25) is 5.02 Å². The monoisotopic (exact) mass is 263 g/mol. The molecule has 18 heavy (non-hydrogen) atoms. The molecular formula is C13H14ClN3O. The van der Waals surface area contributed by atoms with Crippen molar-refractivity contribution < 1.29 is 4.74 Å². The Hall–Kier alpha value is -1.81. The Morgan fingerprint density at radius 3 is 2.50 bits per heavy atom. The van der Waals surface area contributed by atoms with Crippen LogP contribution in [0.25, 0.3) is 11.4 Å². The van der Waals surface area contributed by atoms with Gasteiger partial charge in [0, 0.05) is 17.3 Å². The Bertz CT molecular complexity index is 579. The molecule has 5 heteroatoms. The van der Waals surface area contributed by atoms with Gasteiger partial charge < -0.3 is 10.5 Å². The molecule has 0 saturated carbocycles. The number of aryl methyl sites for hydroxylation is 2. The van der Waals surface area contributed by atoms with Gasteiger partial charge >= 0.3 is 0 Å². The van der Waals surface area contributed by atoms with Crippen molar-refractivity contribution >= 4 is 17.4 Å². The summed E-state index contributed by atoms with van der Waals surface area (Å²) < 4.78 is 5.17. The Balaban J connectivity index is 2.60. The Morgan fingerprint density at radius 2 is 1.89 bits per heavy atom. The van der Waals surface area contributed by atoms with Gasteiger partial charge in [0.15, 0.2) is 5.82 Å². The molecule has 2 N–H and O–H groups in total. The normalized spacial score (nSPS) is 10.4. The van der Waals surface area contributed by atoms with Gasteiger partial charge in [0.25, 0.3) is 0 Å². The number of nitrogens with zero attached hydrogens (tertiary/aromatic N) is 2. The minimum absolute atomic E-state index is 0.448. The maximum absolute atomic E-state index is 6.12. The number of hydrogen-bond acceptors (Lipinski definition) is 4. The van der Waals surface area contributed by atoms with Crippen LogP contribution < -0.4 is 10.5 Å². The second kappa shape index (κ2) is 4.82. The van der Waals surface area contributed by atoms with Crippen molar-refractivity contribution in [2.75, 3.05) is 12.8 Å². The van der Waals surface area contributed by atoms with E-state index in [0.717, 1.165) is 16.8 Å². The van der Waals surface area contributed by atoms with Crippen molar-refractivity contribution in [3.05, 3.63) is 34.5 Å². The maximum Gasteiger partial charge on any atom is 0.162 e. The summed E-state index contributed by atoms with van der Waals surface area (Å²) in [5, 5.41) is 0.529. The highest BCUT2D eigenvalue weighted by atomic mass is 35.5. The van der Waals surface area contributed by atoms with E-state index in [0.29, 0.717) is 22.4 Å². The van der Waals surface area contributed by atoms with Crippen LogP contribution in [0.15, 0.2) is 18.2 Å². The third-order valence-corrected chi connectivity index (χ3v) is 2.91. The van der Waals surface area contributed by atoms with Crippen LogP contribution in [-0.4, -0.2) is 17.1 Å². The highest BCUT2D eigenvalue weighted by Gasteiger charge is 2.11. The van der Waals surface area contributed by atoms with Crippen molar-refractivity contribution in [2.45, 2.75) is 13.8 Å². The number of anilines is 1. The number of halogens is 1. The highest BCUT2D eigenvalue weighted by Crippen LogP contribution is 2.32. The van der Waals surface area contributed by atoms with E-state index in [4.69, 9.17) is 22.1 Å². The second-order valence-electron chi connectivity index (χ2n) is 4.06. The largest absolute Gasteiger partial charge is 0.495 e. The van der Waals surface area contributed by atoms with E-state index in [-0.39, 0.29) is 0 Å². The molecule has 2 rings (SSSR count). The van der Waals surface area contributed by atoms with Crippen LogP contribution in [0.3, 0.4) is 0 Å². The number of rotatable bonds is 2. The molecular weight excluding hydrogens is 250 g/mol. The highest BCUT2D eigenvalue weighted by molar-refractivity contribution is 6.32. The smallest absolute Gasteiger partial charge is 0.162 e. The summed E-state index contributed by atoms with van der Waals surface area (Å²) in [6.45, 7) is 3.83. The first-order valence-corrected chi connectivity index (χ1v) is 5.84. The van der Waals surface area contributed by atoms with Gasteiger partial charge in [-0.05, 0) is 31.5 Å². The van der Waals surface area contributed by atoms with E-state index in [1.165, 1.54) is 0 Å². The fraction of sp³-hybridized carbons (Fsp3) is 0.231. The molecule has 0 bridgehead atoms. The summed E-state index contributed by atoms with van der Waals surface area (Å²) >= 11 is 6.12. The predicted octanol–water partition coefficient (Wildman–Crippen LogP) is 3.00. The molecule has 1 aromatic heterocycles. The third kappa shape index (κ3) is 2.38. The Labute approximate surface area is 111 Å². The number of nitrogen functional groups attached to an aromatic ring is 1. The molecule has 4 nitrogen and oxygen atoms in total. The number of nitrogens with two attached hydrogens (primary N) is 1. The molecule has 1 heterocycles. The first kappa shape index (κ1) is 12.6. The van der Waals surface area contributed by atoms with Gasteiger partial charge in [-0.25, -0.2) is 9.97 Å². The van der Waals surface area contributed by atoms with Gasteiger partial charge in [0.1, 0.15) is 11.6 Å². The van der Waals surface area contributed by atoms with Gasteiger partial charge in [-0.1, -0.05) is 11.6 Å². The van der Waals surface area contributed by atoms with Crippen LogP contribution >= 0.6 is 11.6 Å². The minimum Gasteiger partial charge on any atom is -0.495 e. The molecule has 0 radical (unpaired) electrons. The molecule has 0 aliphatic carbocycles. The second-order valence-corrected chi connectivity index (χ2v) is 4.47. The van der Waals surface area contributed by atoms with Gasteiger partial charge in [-0.2, -0.15) is 0 Å². The lowest BCUT2D eigenvalue weighted by molar-refractivity contribution is 0.415. The molecule has 0 saturated heterocycles. The van der Waals surface area contributed by atoms with Crippen molar-refractivity contribution in [2.24, 2.45) is 0 Å². The average molecular weight is 264 g/mol. The predicted molar refractivity (Wildman–Crippen MR) is 72.9 cm³/mol. The van der Waals surface area contributed by atoms with Crippen molar-refractivity contribution in [1.82, 2.24) is 9.97 Å². The SMILES string of the molecule is COc1cc(C)c(-c2nc(C)cc(N)n2)cc1Cl. The van der Waals surface area contributed by atoms with Crippen LogP contribution in [-0.2, 0) is 0 Å². The van der Waals surface area contributed by atoms with E-state index in [1.807, 2.05) is 19.9 Å². The summed E-state index contributed by atoms with van der Waals surface area (Å²) in [6.07, 6.45) is 0. The Morgan fingerprint density at radius 1 is 1.17 bits per heavy atom. The number of aromatic nitrogens is 2. The Kier molecular flexibility index (Phi) is 3.39. The number of methoxy groups -OCH3 is 1. The van der Waals surface area contributed by atoms with Gasteiger partial charge in [-0.15, -0.1) is 0 Å². The molecule has 0 aliphatic rings. The van der Waals surface area contributed by atoms with E-state index in [9.17, 15) is 0 Å². The van der Waals surface area contributed by atoms with Crippen molar-refractivity contribution in [3.63, 3.8) is 0 Å². The van der Waals surface area contributed by atoms with Crippen LogP contribution in [0, 0.1) is 13.8 Å². The van der Waals surface area contributed by atoms with Crippen molar-refractivity contribution in [3.8, 4) is 17.1 Å². The summed E-state index contributed by atoms with van der Waals surface area (Å²) in [7, 11) is 1.58. The standard InChI is InChI=1S/C13H14ClN3O/c1-7-4-11(18-3)10(14)6-9(7)13-16-8(2)5-12(15)17-13/h4-6H,1-3H3,(H2,15,16,17). The number of benzene rings is 1. The van der Waals surface area contributed by atoms with E-state index in [1.54, 1.807) is 19.2 Å². The molecule has 0 amide bonds. The zero-order chi connectivity index (χ0) is 13.3. The quantitative estimate of drug-likeness (QED) is 0.905. The fourth-order valence-electron chi connectivity index (χ4n) is 1.77. The molecule has 0 fully saturated rings. The van der Waals surface area contributed by atoms with E-state index in [2.05, 4.69) is 9.97 Å². The number of ether oxygens (including phenoxy) is 1. The van der Waals surface area contributed by atoms with Gasteiger partial charge in [0.05, 0.1) is 12.1 Å². The summed E-state index contributed by atoms with van der Waals surface area (Å²) in [4.78, 5) is 8.60. The fourth-order valence-corrected chi connectivity index (χ4v) is 2.01. The molecule has 0 unspecified atom stereocenters. The molecule has 0 aliphatic heterocycles. The van der Waals surface area contributed by atoms with Crippen molar-refractivity contribution in [1.29, 1.82) is 0 Å². The topological polar surface area (TPSA) is 61.0 Å². The minimum atomic E-state index is 0.448. The summed E-state index contributed by atoms with van der Waals surface area (Å²) in [5.41, 5.74) is 8.40. The molecule has 2 aromatic rings. The average Bonchev–Trinajstić information content (AvgIpc) is 2.30. The molecule has 0 spiro atoms. The molecule has 94 valence electrons. The first-order valence-electron chi connectivity index (χ1n) is 5.47. The van der Waals surface area contributed by atoms with Gasteiger partial charge in [-0.3, -0.25) is 0 Å². The zero-order valence-electron chi connectivity index (χ0n) is 10.5. The first-order chi connectivity index (χ1) is 8.51. The molecule has 1 aromatic carbocycles. The third-order valence-electron chi connectivity index (χ3n) is 2.61. The van der Waals surface area contributed by atoms with Crippen LogP contribution in [0.1, 0.15) is 11.3 Å². The van der Waals surface area contributed by atoms with Crippen LogP contribution in [0.4, 0.5) is 5.82 Å². The van der Waals surface area contributed by atoms with Gasteiger partial charge in [0.2, 0.25) is 0 Å². The lowest BCUT2D eigenvalue weighted by Gasteiger charge is -2.10. The zero-order valence-corrected chi connectivity index (χ0v) is 11.2. The summed E-state index contributed by atoms with van der Waals surface area (Å²) in [5.74, 6) is 1.66. The maximum atomic E-state index is 6.12. The summed E-state index contributed by atoms with van der Waals surface area (Å²) in [6, 6.07) is 5.38. The van der Waals surface area contributed by atoms with E-state index < -0.39 is 0 Å². The lowest BCUT2D eigenvalue weighted by atomic mass is 10.1.